The number of aromatic carboxylic acids is 1. The van der Waals surface area contributed by atoms with Crippen LogP contribution >= 0.6 is 0 Å². The molecule has 0 unspecified atom stereocenters. The van der Waals surface area contributed by atoms with Gasteiger partial charge in [-0.1, -0.05) is 0 Å². The summed E-state index contributed by atoms with van der Waals surface area (Å²) in [5.41, 5.74) is -1.62. The van der Waals surface area contributed by atoms with E-state index >= 15 is 0 Å². The summed E-state index contributed by atoms with van der Waals surface area (Å²) in [6, 6.07) is 0.748. The van der Waals surface area contributed by atoms with Gasteiger partial charge in [0.1, 0.15) is 11.4 Å². The van der Waals surface area contributed by atoms with Gasteiger partial charge in [-0.15, -0.1) is 0 Å². The van der Waals surface area contributed by atoms with Crippen molar-refractivity contribution < 1.29 is 27.8 Å². The zero-order chi connectivity index (χ0) is 16.9. The van der Waals surface area contributed by atoms with Gasteiger partial charge in [0.15, 0.2) is 5.75 Å². The number of rotatable bonds is 4. The van der Waals surface area contributed by atoms with Crippen molar-refractivity contribution in [1.82, 2.24) is 4.57 Å². The maximum Gasteiger partial charge on any atom is 0.387 e. The molecule has 23 heavy (non-hydrogen) atoms. The van der Waals surface area contributed by atoms with E-state index in [9.17, 15) is 22.8 Å². The third-order valence-corrected chi connectivity index (χ3v) is 3.83. The Balaban J connectivity index is 2.46. The topological polar surface area (TPSA) is 68.5 Å². The molecular formula is C15H12F3NO4. The van der Waals surface area contributed by atoms with Gasteiger partial charge in [0, 0.05) is 17.8 Å². The van der Waals surface area contributed by atoms with Crippen molar-refractivity contribution in [2.45, 2.75) is 32.4 Å². The van der Waals surface area contributed by atoms with Gasteiger partial charge >= 0.3 is 12.6 Å². The lowest BCUT2D eigenvalue weighted by Gasteiger charge is -2.17. The lowest BCUT2D eigenvalue weighted by molar-refractivity contribution is -0.0496. The Morgan fingerprint density at radius 2 is 2.09 bits per heavy atom. The molecule has 1 saturated carbocycles. The van der Waals surface area contributed by atoms with Crippen molar-refractivity contribution in [3.8, 4) is 5.75 Å². The number of hydrogen-bond acceptors (Lipinski definition) is 3. The quantitative estimate of drug-likeness (QED) is 0.937. The fourth-order valence-electron chi connectivity index (χ4n) is 2.57. The second kappa shape index (κ2) is 5.29. The molecule has 1 aromatic carbocycles. The van der Waals surface area contributed by atoms with Crippen LogP contribution in [0.1, 0.15) is 34.8 Å². The largest absolute Gasteiger partial charge is 0.477 e. The van der Waals surface area contributed by atoms with E-state index < -0.39 is 35.1 Å². The first-order valence-corrected chi connectivity index (χ1v) is 6.87. The first-order valence-electron chi connectivity index (χ1n) is 6.87. The minimum Gasteiger partial charge on any atom is -0.477 e. The van der Waals surface area contributed by atoms with E-state index in [1.165, 1.54) is 11.5 Å². The molecule has 1 fully saturated rings. The first kappa shape index (κ1) is 15.4. The zero-order valence-electron chi connectivity index (χ0n) is 12.0. The molecule has 0 bridgehead atoms. The van der Waals surface area contributed by atoms with Crippen LogP contribution in [0.5, 0.6) is 5.75 Å². The van der Waals surface area contributed by atoms with Crippen molar-refractivity contribution in [2.75, 3.05) is 0 Å². The van der Waals surface area contributed by atoms with Crippen LogP contribution in [0.3, 0.4) is 0 Å². The Hall–Kier alpha value is -2.51. The molecular weight excluding hydrogens is 315 g/mol. The fraction of sp³-hybridized carbons (Fsp3) is 0.333. The number of halogens is 3. The highest BCUT2D eigenvalue weighted by Crippen LogP contribution is 2.41. The number of hydrogen-bond donors (Lipinski definition) is 1. The summed E-state index contributed by atoms with van der Waals surface area (Å²) < 4.78 is 45.2. The molecule has 1 aromatic heterocycles. The third kappa shape index (κ3) is 2.54. The Morgan fingerprint density at radius 1 is 1.43 bits per heavy atom. The van der Waals surface area contributed by atoms with E-state index in [4.69, 9.17) is 5.11 Å². The van der Waals surface area contributed by atoms with Gasteiger partial charge in [-0.25, -0.2) is 9.18 Å². The maximum absolute atomic E-state index is 14.0. The molecule has 0 aliphatic heterocycles. The van der Waals surface area contributed by atoms with E-state index in [1.807, 2.05) is 0 Å². The monoisotopic (exact) mass is 327 g/mol. The van der Waals surface area contributed by atoms with Gasteiger partial charge in [0.05, 0.1) is 10.9 Å². The third-order valence-electron chi connectivity index (χ3n) is 3.83. The number of fused-ring (bicyclic) bond motifs is 1. The van der Waals surface area contributed by atoms with Crippen molar-refractivity contribution in [3.05, 3.63) is 39.4 Å². The highest BCUT2D eigenvalue weighted by molar-refractivity contribution is 5.95. The van der Waals surface area contributed by atoms with Crippen LogP contribution in [0, 0.1) is 12.7 Å². The molecule has 3 rings (SSSR count). The summed E-state index contributed by atoms with van der Waals surface area (Å²) in [4.78, 5) is 23.5. The van der Waals surface area contributed by atoms with Gasteiger partial charge in [-0.3, -0.25) is 4.79 Å². The molecule has 122 valence electrons. The lowest BCUT2D eigenvalue weighted by Crippen LogP contribution is -2.20. The van der Waals surface area contributed by atoms with Crippen LogP contribution in [0.25, 0.3) is 10.9 Å². The van der Waals surface area contributed by atoms with Crippen LogP contribution in [0.2, 0.25) is 0 Å². The van der Waals surface area contributed by atoms with Crippen LogP contribution in [0.4, 0.5) is 13.2 Å². The van der Waals surface area contributed by atoms with Crippen molar-refractivity contribution in [2.24, 2.45) is 0 Å². The number of carbonyl (C=O) groups is 1. The van der Waals surface area contributed by atoms with Crippen LogP contribution in [0.15, 0.2) is 17.1 Å². The SMILES string of the molecule is Cc1c(F)cc2c(=O)c(C(=O)O)cn(C3CC3)c2c1OC(F)F. The Bertz CT molecular complexity index is 871. The zero-order valence-corrected chi connectivity index (χ0v) is 12.0. The number of alkyl halides is 2. The van der Waals surface area contributed by atoms with Gasteiger partial charge < -0.3 is 14.4 Å². The molecule has 0 spiro atoms. The van der Waals surface area contributed by atoms with Crippen molar-refractivity contribution in [1.29, 1.82) is 0 Å². The summed E-state index contributed by atoms with van der Waals surface area (Å²) in [6.07, 6.45) is 2.53. The molecule has 0 saturated heterocycles. The smallest absolute Gasteiger partial charge is 0.387 e. The van der Waals surface area contributed by atoms with E-state index in [2.05, 4.69) is 4.74 Å². The maximum atomic E-state index is 14.0. The number of carboxylic acids is 1. The molecule has 2 aromatic rings. The number of aromatic nitrogens is 1. The summed E-state index contributed by atoms with van der Waals surface area (Å²) in [7, 11) is 0. The summed E-state index contributed by atoms with van der Waals surface area (Å²) in [5.74, 6) is -2.80. The Labute approximate surface area is 127 Å². The fourth-order valence-corrected chi connectivity index (χ4v) is 2.57. The number of carboxylic acid groups (broad SMARTS) is 1. The highest BCUT2D eigenvalue weighted by atomic mass is 19.3. The molecule has 1 heterocycles. The molecule has 0 amide bonds. The Morgan fingerprint density at radius 3 is 2.61 bits per heavy atom. The van der Waals surface area contributed by atoms with Gasteiger partial charge in [0.2, 0.25) is 5.43 Å². The number of benzene rings is 1. The first-order chi connectivity index (χ1) is 10.8. The molecule has 0 atom stereocenters. The average molecular weight is 327 g/mol. The van der Waals surface area contributed by atoms with E-state index in [-0.39, 0.29) is 22.5 Å². The van der Waals surface area contributed by atoms with Crippen LogP contribution < -0.4 is 10.2 Å². The summed E-state index contributed by atoms with van der Waals surface area (Å²) in [6.45, 7) is -1.93. The minimum atomic E-state index is -3.19. The standard InChI is InChI=1S/C15H12F3NO4/c1-6-10(16)4-8-11(13(6)23-15(17)18)19(7-2-3-7)5-9(12(8)20)14(21)22/h4-5,7,15H,2-3H2,1H3,(H,21,22). The van der Waals surface area contributed by atoms with Crippen LogP contribution in [-0.2, 0) is 0 Å². The lowest BCUT2D eigenvalue weighted by atomic mass is 10.1. The van der Waals surface area contributed by atoms with Crippen LogP contribution in [-0.4, -0.2) is 22.3 Å². The number of pyridine rings is 1. The predicted octanol–water partition coefficient (Wildman–Crippen LogP) is 3.08. The predicted molar refractivity (Wildman–Crippen MR) is 74.8 cm³/mol. The van der Waals surface area contributed by atoms with Crippen molar-refractivity contribution in [3.63, 3.8) is 0 Å². The number of nitrogens with zero attached hydrogens (tertiary/aromatic N) is 1. The van der Waals surface area contributed by atoms with E-state index in [0.717, 1.165) is 12.3 Å². The molecule has 1 N–H and O–H groups in total. The molecule has 1 aliphatic carbocycles. The second-order valence-electron chi connectivity index (χ2n) is 5.40. The molecule has 0 radical (unpaired) electrons. The van der Waals surface area contributed by atoms with Gasteiger partial charge in [-0.05, 0) is 25.8 Å². The normalized spacial score (nSPS) is 14.5. The van der Waals surface area contributed by atoms with Gasteiger partial charge in [0.25, 0.3) is 0 Å². The van der Waals surface area contributed by atoms with Crippen molar-refractivity contribution >= 4 is 16.9 Å². The molecule has 1 aliphatic rings. The second-order valence-corrected chi connectivity index (χ2v) is 5.40. The summed E-state index contributed by atoms with van der Waals surface area (Å²) >= 11 is 0. The Kier molecular flexibility index (Phi) is 3.54. The van der Waals surface area contributed by atoms with E-state index in [0.29, 0.717) is 12.8 Å². The highest BCUT2D eigenvalue weighted by Gasteiger charge is 2.30. The van der Waals surface area contributed by atoms with Gasteiger partial charge in [-0.2, -0.15) is 8.78 Å². The molecule has 5 nitrogen and oxygen atoms in total. The van der Waals surface area contributed by atoms with E-state index in [1.54, 1.807) is 0 Å². The number of ether oxygens (including phenoxy) is 1. The average Bonchev–Trinajstić information content (AvgIpc) is 3.28. The molecule has 8 heteroatoms. The minimum absolute atomic E-state index is 0.00157. The summed E-state index contributed by atoms with van der Waals surface area (Å²) in [5, 5.41) is 8.85.